The van der Waals surface area contributed by atoms with E-state index in [2.05, 4.69) is 5.32 Å². The van der Waals surface area contributed by atoms with E-state index in [9.17, 15) is 18.0 Å². The van der Waals surface area contributed by atoms with Crippen LogP contribution in [0.25, 0.3) is 0 Å². The molecule has 0 bridgehead atoms. The molecule has 144 valence electrons. The number of nitrogens with one attached hydrogen (secondary N) is 1. The average molecular weight is 389 g/mol. The van der Waals surface area contributed by atoms with Crippen LogP contribution in [0.5, 0.6) is 5.75 Å². The Labute approximate surface area is 159 Å². The molecule has 0 aliphatic heterocycles. The van der Waals surface area contributed by atoms with Gasteiger partial charge in [0.05, 0.1) is 16.8 Å². The van der Waals surface area contributed by atoms with Gasteiger partial charge in [-0.15, -0.1) is 0 Å². The number of benzene rings is 2. The highest BCUT2D eigenvalue weighted by atomic mass is 32.2. The highest BCUT2D eigenvalue weighted by Crippen LogP contribution is 2.19. The van der Waals surface area contributed by atoms with Crippen molar-refractivity contribution >= 4 is 27.2 Å². The number of Topliss-reactive ketones (excluding diaryl/α,β-unsaturated/α-hetero) is 1. The smallest absolute Gasteiger partial charge is 0.225 e. The molecule has 0 heterocycles. The number of amides is 1. The molecule has 0 aliphatic carbocycles. The van der Waals surface area contributed by atoms with Gasteiger partial charge in [0.1, 0.15) is 5.75 Å². The SMILES string of the molecule is CC(=O)c1ccc(NC(=O)CCS(=O)(=O)c2ccc(OC(C)C)cc2)cc1. The first kappa shape index (κ1) is 20.6. The lowest BCUT2D eigenvalue weighted by molar-refractivity contribution is -0.115. The molecule has 0 aliphatic rings. The van der Waals surface area contributed by atoms with Gasteiger partial charge in [-0.1, -0.05) is 0 Å². The van der Waals surface area contributed by atoms with Gasteiger partial charge in [-0.3, -0.25) is 9.59 Å². The monoisotopic (exact) mass is 389 g/mol. The zero-order valence-electron chi connectivity index (χ0n) is 15.6. The van der Waals surface area contributed by atoms with Crippen molar-refractivity contribution in [3.63, 3.8) is 0 Å². The Morgan fingerprint density at radius 2 is 1.59 bits per heavy atom. The summed E-state index contributed by atoms with van der Waals surface area (Å²) in [6.07, 6.45) is -0.165. The van der Waals surface area contributed by atoms with E-state index in [-0.39, 0.29) is 29.0 Å². The highest BCUT2D eigenvalue weighted by Gasteiger charge is 2.17. The second-order valence-electron chi connectivity index (χ2n) is 6.39. The number of carbonyl (C=O) groups is 2. The van der Waals surface area contributed by atoms with Gasteiger partial charge in [0, 0.05) is 17.7 Å². The summed E-state index contributed by atoms with van der Waals surface area (Å²) >= 11 is 0. The van der Waals surface area contributed by atoms with Crippen LogP contribution in [0.2, 0.25) is 0 Å². The van der Waals surface area contributed by atoms with Crippen molar-refractivity contribution in [3.05, 3.63) is 54.1 Å². The predicted molar refractivity (Wildman–Crippen MR) is 104 cm³/mol. The van der Waals surface area contributed by atoms with Gasteiger partial charge in [0.2, 0.25) is 5.91 Å². The van der Waals surface area contributed by atoms with E-state index in [1.54, 1.807) is 36.4 Å². The third-order valence-corrected chi connectivity index (χ3v) is 5.46. The van der Waals surface area contributed by atoms with Gasteiger partial charge in [-0.25, -0.2) is 8.42 Å². The molecule has 0 saturated carbocycles. The second-order valence-corrected chi connectivity index (χ2v) is 8.50. The number of anilines is 1. The molecule has 0 saturated heterocycles. The maximum Gasteiger partial charge on any atom is 0.225 e. The van der Waals surface area contributed by atoms with E-state index in [0.29, 0.717) is 17.0 Å². The second kappa shape index (κ2) is 8.81. The Bertz CT molecular complexity index is 900. The predicted octanol–water partition coefficient (Wildman–Crippen LogP) is 3.48. The summed E-state index contributed by atoms with van der Waals surface area (Å²) < 4.78 is 30.3. The van der Waals surface area contributed by atoms with Gasteiger partial charge >= 0.3 is 0 Å². The summed E-state index contributed by atoms with van der Waals surface area (Å²) in [6, 6.07) is 12.6. The number of sulfone groups is 1. The van der Waals surface area contributed by atoms with Crippen LogP contribution >= 0.6 is 0 Å². The van der Waals surface area contributed by atoms with Crippen molar-refractivity contribution < 1.29 is 22.7 Å². The largest absolute Gasteiger partial charge is 0.491 e. The number of rotatable bonds is 8. The summed E-state index contributed by atoms with van der Waals surface area (Å²) in [5.41, 5.74) is 1.05. The van der Waals surface area contributed by atoms with E-state index in [1.807, 2.05) is 13.8 Å². The summed E-state index contributed by atoms with van der Waals surface area (Å²) in [6.45, 7) is 5.23. The number of ketones is 1. The van der Waals surface area contributed by atoms with Crippen molar-refractivity contribution in [3.8, 4) is 5.75 Å². The summed E-state index contributed by atoms with van der Waals surface area (Å²) in [4.78, 5) is 23.4. The standard InChI is InChI=1S/C20H23NO5S/c1-14(2)26-18-8-10-19(11-9-18)27(24,25)13-12-20(23)21-17-6-4-16(5-7-17)15(3)22/h4-11,14H,12-13H2,1-3H3,(H,21,23). The Hall–Kier alpha value is -2.67. The molecule has 0 aromatic heterocycles. The fourth-order valence-electron chi connectivity index (χ4n) is 2.35. The summed E-state index contributed by atoms with van der Waals surface area (Å²) in [7, 11) is -3.57. The quantitative estimate of drug-likeness (QED) is 0.698. The van der Waals surface area contributed by atoms with Crippen LogP contribution in [0, 0.1) is 0 Å². The fourth-order valence-corrected chi connectivity index (χ4v) is 3.59. The minimum absolute atomic E-state index is 0.000616. The third kappa shape index (κ3) is 6.21. The van der Waals surface area contributed by atoms with E-state index in [1.165, 1.54) is 19.1 Å². The number of carbonyl (C=O) groups excluding carboxylic acids is 2. The van der Waals surface area contributed by atoms with Crippen molar-refractivity contribution in [1.82, 2.24) is 0 Å². The molecular formula is C20H23NO5S. The van der Waals surface area contributed by atoms with Crippen molar-refractivity contribution in [2.75, 3.05) is 11.1 Å². The lowest BCUT2D eigenvalue weighted by atomic mass is 10.1. The van der Waals surface area contributed by atoms with Gasteiger partial charge in [0.15, 0.2) is 15.6 Å². The fraction of sp³-hybridized carbons (Fsp3) is 0.300. The van der Waals surface area contributed by atoms with Crippen LogP contribution in [0.15, 0.2) is 53.4 Å². The first-order valence-corrected chi connectivity index (χ1v) is 10.2. The molecule has 27 heavy (non-hydrogen) atoms. The molecule has 0 radical (unpaired) electrons. The molecule has 0 fully saturated rings. The van der Waals surface area contributed by atoms with E-state index in [4.69, 9.17) is 4.74 Å². The molecule has 0 spiro atoms. The lowest BCUT2D eigenvalue weighted by Crippen LogP contribution is -2.17. The topological polar surface area (TPSA) is 89.5 Å². The van der Waals surface area contributed by atoms with Gasteiger partial charge in [-0.05, 0) is 69.3 Å². The van der Waals surface area contributed by atoms with Crippen molar-refractivity contribution in [2.45, 2.75) is 38.2 Å². The Morgan fingerprint density at radius 1 is 1.00 bits per heavy atom. The van der Waals surface area contributed by atoms with Gasteiger partial charge < -0.3 is 10.1 Å². The van der Waals surface area contributed by atoms with Crippen molar-refractivity contribution in [2.24, 2.45) is 0 Å². The lowest BCUT2D eigenvalue weighted by Gasteiger charge is -2.10. The molecule has 0 unspecified atom stereocenters. The molecule has 1 amide bonds. The van der Waals surface area contributed by atoms with Crippen LogP contribution in [0.1, 0.15) is 37.6 Å². The van der Waals surface area contributed by atoms with Crippen LogP contribution in [0.3, 0.4) is 0 Å². The molecule has 2 aromatic rings. The number of hydrogen-bond donors (Lipinski definition) is 1. The van der Waals surface area contributed by atoms with Crippen LogP contribution < -0.4 is 10.1 Å². The minimum atomic E-state index is -3.57. The molecule has 2 aromatic carbocycles. The normalized spacial score (nSPS) is 11.3. The molecular weight excluding hydrogens is 366 g/mol. The highest BCUT2D eigenvalue weighted by molar-refractivity contribution is 7.91. The zero-order chi connectivity index (χ0) is 20.0. The van der Waals surface area contributed by atoms with E-state index >= 15 is 0 Å². The van der Waals surface area contributed by atoms with Gasteiger partial charge in [0.25, 0.3) is 0 Å². The van der Waals surface area contributed by atoms with Crippen LogP contribution in [-0.4, -0.2) is 32.0 Å². The molecule has 6 nitrogen and oxygen atoms in total. The van der Waals surface area contributed by atoms with Gasteiger partial charge in [-0.2, -0.15) is 0 Å². The Balaban J connectivity index is 1.93. The Kier molecular flexibility index (Phi) is 6.74. The van der Waals surface area contributed by atoms with Crippen molar-refractivity contribution in [1.29, 1.82) is 0 Å². The third-order valence-electron chi connectivity index (χ3n) is 3.73. The van der Waals surface area contributed by atoms with E-state index in [0.717, 1.165) is 0 Å². The van der Waals surface area contributed by atoms with Crippen LogP contribution in [0.4, 0.5) is 5.69 Å². The average Bonchev–Trinajstić information content (AvgIpc) is 2.60. The first-order chi connectivity index (χ1) is 12.7. The minimum Gasteiger partial charge on any atom is -0.491 e. The molecule has 7 heteroatoms. The maximum atomic E-state index is 12.4. The molecule has 0 atom stereocenters. The number of hydrogen-bond acceptors (Lipinski definition) is 5. The number of ether oxygens (including phenoxy) is 1. The van der Waals surface area contributed by atoms with Crippen LogP contribution in [-0.2, 0) is 14.6 Å². The maximum absolute atomic E-state index is 12.4. The molecule has 1 N–H and O–H groups in total. The zero-order valence-corrected chi connectivity index (χ0v) is 16.4. The first-order valence-electron chi connectivity index (χ1n) is 8.58. The van der Waals surface area contributed by atoms with E-state index < -0.39 is 15.7 Å². The summed E-state index contributed by atoms with van der Waals surface area (Å²) in [5.74, 6) is -0.178. The summed E-state index contributed by atoms with van der Waals surface area (Å²) in [5, 5.41) is 2.63. The molecule has 2 rings (SSSR count). The Morgan fingerprint density at radius 3 is 2.11 bits per heavy atom.